The van der Waals surface area contributed by atoms with Gasteiger partial charge in [0.05, 0.1) is 28.4 Å². The molecule has 0 bridgehead atoms. The van der Waals surface area contributed by atoms with E-state index in [1.807, 2.05) is 18.2 Å². The molecule has 5 heteroatoms. The van der Waals surface area contributed by atoms with Crippen molar-refractivity contribution < 1.29 is 18.9 Å². The van der Waals surface area contributed by atoms with Gasteiger partial charge in [0.15, 0.2) is 23.0 Å². The van der Waals surface area contributed by atoms with Crippen LogP contribution in [0.2, 0.25) is 0 Å². The Morgan fingerprint density at radius 1 is 0.750 bits per heavy atom. The number of methoxy groups -OCH3 is 4. The summed E-state index contributed by atoms with van der Waals surface area (Å²) >= 11 is 0. The lowest BCUT2D eigenvalue weighted by molar-refractivity contribution is 0.351. The molecule has 0 amide bonds. The first-order chi connectivity index (χ1) is 11.7. The maximum absolute atomic E-state index is 5.43. The van der Waals surface area contributed by atoms with Gasteiger partial charge in [0, 0.05) is 12.6 Å². The van der Waals surface area contributed by atoms with E-state index in [4.69, 9.17) is 18.9 Å². The van der Waals surface area contributed by atoms with Crippen molar-refractivity contribution in [2.75, 3.05) is 28.4 Å². The van der Waals surface area contributed by atoms with Gasteiger partial charge in [-0.15, -0.1) is 0 Å². The molecule has 0 aromatic heterocycles. The van der Waals surface area contributed by atoms with Gasteiger partial charge in [-0.1, -0.05) is 6.07 Å². The Morgan fingerprint density at radius 3 is 1.96 bits per heavy atom. The molecule has 0 fully saturated rings. The quantitative estimate of drug-likeness (QED) is 0.913. The van der Waals surface area contributed by atoms with Gasteiger partial charge in [-0.3, -0.25) is 0 Å². The van der Waals surface area contributed by atoms with Crippen molar-refractivity contribution in [3.8, 4) is 23.0 Å². The van der Waals surface area contributed by atoms with E-state index in [9.17, 15) is 0 Å². The van der Waals surface area contributed by atoms with Crippen molar-refractivity contribution in [1.82, 2.24) is 5.32 Å². The first-order valence-corrected chi connectivity index (χ1v) is 7.89. The van der Waals surface area contributed by atoms with Crippen LogP contribution in [0, 0.1) is 0 Å². The molecular formula is C19H23NO4. The number of nitrogens with one attached hydrogen (secondary N) is 1. The number of benzene rings is 2. The molecule has 2 aromatic rings. The third kappa shape index (κ3) is 2.99. The molecule has 1 heterocycles. The Hall–Kier alpha value is -2.40. The van der Waals surface area contributed by atoms with Crippen LogP contribution in [-0.2, 0) is 13.0 Å². The summed E-state index contributed by atoms with van der Waals surface area (Å²) in [5.41, 5.74) is 3.68. The Bertz CT molecular complexity index is 730. The Morgan fingerprint density at radius 2 is 1.33 bits per heavy atom. The van der Waals surface area contributed by atoms with E-state index >= 15 is 0 Å². The second-order valence-corrected chi connectivity index (χ2v) is 5.73. The Kier molecular flexibility index (Phi) is 4.81. The first kappa shape index (κ1) is 16.5. The van der Waals surface area contributed by atoms with Crippen LogP contribution in [0.25, 0.3) is 0 Å². The summed E-state index contributed by atoms with van der Waals surface area (Å²) in [5, 5.41) is 3.58. The summed E-state index contributed by atoms with van der Waals surface area (Å²) in [5.74, 6) is 3.02. The van der Waals surface area contributed by atoms with Crippen molar-refractivity contribution in [2.24, 2.45) is 0 Å². The molecule has 5 nitrogen and oxygen atoms in total. The Labute approximate surface area is 142 Å². The van der Waals surface area contributed by atoms with Gasteiger partial charge in [0.1, 0.15) is 0 Å². The molecule has 3 rings (SSSR count). The molecule has 1 atom stereocenters. The molecule has 0 aliphatic carbocycles. The highest BCUT2D eigenvalue weighted by Crippen LogP contribution is 2.37. The van der Waals surface area contributed by atoms with E-state index < -0.39 is 0 Å². The molecule has 1 unspecified atom stereocenters. The van der Waals surface area contributed by atoms with Crippen LogP contribution in [0.3, 0.4) is 0 Å². The van der Waals surface area contributed by atoms with E-state index in [0.29, 0.717) is 0 Å². The minimum atomic E-state index is 0.218. The standard InChI is InChI=1S/C19H23NO4/c1-21-16-6-5-12(8-17(16)22-2)15-7-13-9-18(23-3)19(24-4)10-14(13)11-20-15/h5-6,8-10,15,20H,7,11H2,1-4H3. The van der Waals surface area contributed by atoms with Crippen LogP contribution in [0.5, 0.6) is 23.0 Å². The van der Waals surface area contributed by atoms with Crippen LogP contribution in [0.15, 0.2) is 30.3 Å². The normalized spacial score (nSPS) is 16.2. The lowest BCUT2D eigenvalue weighted by Crippen LogP contribution is -2.28. The average Bonchev–Trinajstić information content (AvgIpc) is 2.65. The van der Waals surface area contributed by atoms with Crippen LogP contribution in [0.4, 0.5) is 0 Å². The molecule has 1 N–H and O–H groups in total. The van der Waals surface area contributed by atoms with E-state index in [1.54, 1.807) is 28.4 Å². The fourth-order valence-corrected chi connectivity index (χ4v) is 3.15. The molecule has 0 saturated carbocycles. The SMILES string of the molecule is COc1ccc(C2Cc3cc(OC)c(OC)cc3CN2)cc1OC. The third-order valence-electron chi connectivity index (χ3n) is 4.48. The van der Waals surface area contributed by atoms with Gasteiger partial charge >= 0.3 is 0 Å². The molecule has 128 valence electrons. The molecule has 2 aromatic carbocycles. The summed E-state index contributed by atoms with van der Waals surface area (Å²) in [6.45, 7) is 0.786. The van der Waals surface area contributed by atoms with Crippen LogP contribution in [0.1, 0.15) is 22.7 Å². The van der Waals surface area contributed by atoms with E-state index in [-0.39, 0.29) is 6.04 Å². The zero-order valence-electron chi connectivity index (χ0n) is 14.5. The predicted molar refractivity (Wildman–Crippen MR) is 92.4 cm³/mol. The lowest BCUT2D eigenvalue weighted by atomic mass is 9.91. The number of hydrogen-bond acceptors (Lipinski definition) is 5. The molecule has 24 heavy (non-hydrogen) atoms. The first-order valence-electron chi connectivity index (χ1n) is 7.89. The van der Waals surface area contributed by atoms with Gasteiger partial charge in [-0.05, 0) is 47.4 Å². The fourth-order valence-electron chi connectivity index (χ4n) is 3.15. The largest absolute Gasteiger partial charge is 0.493 e. The van der Waals surface area contributed by atoms with E-state index in [2.05, 4.69) is 17.4 Å². The lowest BCUT2D eigenvalue weighted by Gasteiger charge is -2.28. The van der Waals surface area contributed by atoms with Crippen molar-refractivity contribution >= 4 is 0 Å². The smallest absolute Gasteiger partial charge is 0.161 e. The molecule has 0 spiro atoms. The minimum absolute atomic E-state index is 0.218. The number of ether oxygens (including phenoxy) is 4. The molecule has 0 radical (unpaired) electrons. The summed E-state index contributed by atoms with van der Waals surface area (Å²) in [7, 11) is 6.62. The van der Waals surface area contributed by atoms with Crippen LogP contribution < -0.4 is 24.3 Å². The van der Waals surface area contributed by atoms with Crippen molar-refractivity contribution in [1.29, 1.82) is 0 Å². The highest BCUT2D eigenvalue weighted by atomic mass is 16.5. The van der Waals surface area contributed by atoms with Crippen LogP contribution in [-0.4, -0.2) is 28.4 Å². The molecule has 1 aliphatic heterocycles. The Balaban J connectivity index is 1.89. The predicted octanol–water partition coefficient (Wildman–Crippen LogP) is 3.11. The summed E-state index contributed by atoms with van der Waals surface area (Å²) in [6, 6.07) is 10.4. The number of rotatable bonds is 5. The molecule has 1 aliphatic rings. The maximum atomic E-state index is 5.43. The van der Waals surface area contributed by atoms with Gasteiger partial charge < -0.3 is 24.3 Å². The monoisotopic (exact) mass is 329 g/mol. The number of fused-ring (bicyclic) bond motifs is 1. The molecular weight excluding hydrogens is 306 g/mol. The van der Waals surface area contributed by atoms with Gasteiger partial charge in [0.25, 0.3) is 0 Å². The highest BCUT2D eigenvalue weighted by Gasteiger charge is 2.22. The topological polar surface area (TPSA) is 49.0 Å². The second-order valence-electron chi connectivity index (χ2n) is 5.73. The van der Waals surface area contributed by atoms with E-state index in [0.717, 1.165) is 36.0 Å². The number of hydrogen-bond donors (Lipinski definition) is 1. The average molecular weight is 329 g/mol. The molecule has 0 saturated heterocycles. The van der Waals surface area contributed by atoms with Crippen molar-refractivity contribution in [3.63, 3.8) is 0 Å². The third-order valence-corrected chi connectivity index (χ3v) is 4.48. The zero-order valence-corrected chi connectivity index (χ0v) is 14.5. The second kappa shape index (κ2) is 7.01. The van der Waals surface area contributed by atoms with Gasteiger partial charge in [-0.2, -0.15) is 0 Å². The summed E-state index contributed by atoms with van der Waals surface area (Å²) < 4.78 is 21.5. The highest BCUT2D eigenvalue weighted by molar-refractivity contribution is 5.50. The maximum Gasteiger partial charge on any atom is 0.161 e. The van der Waals surface area contributed by atoms with Crippen LogP contribution >= 0.6 is 0 Å². The van der Waals surface area contributed by atoms with Gasteiger partial charge in [-0.25, -0.2) is 0 Å². The van der Waals surface area contributed by atoms with Crippen molar-refractivity contribution in [3.05, 3.63) is 47.0 Å². The summed E-state index contributed by atoms with van der Waals surface area (Å²) in [6.07, 6.45) is 0.880. The minimum Gasteiger partial charge on any atom is -0.493 e. The van der Waals surface area contributed by atoms with E-state index in [1.165, 1.54) is 16.7 Å². The summed E-state index contributed by atoms with van der Waals surface area (Å²) in [4.78, 5) is 0. The fraction of sp³-hybridized carbons (Fsp3) is 0.368. The van der Waals surface area contributed by atoms with Gasteiger partial charge in [0.2, 0.25) is 0 Å². The zero-order chi connectivity index (χ0) is 17.1. The van der Waals surface area contributed by atoms with Crippen molar-refractivity contribution in [2.45, 2.75) is 19.0 Å².